The highest BCUT2D eigenvalue weighted by molar-refractivity contribution is 7.19. The number of nitrogens with zero attached hydrogens (tertiary/aromatic N) is 3. The predicted octanol–water partition coefficient (Wildman–Crippen LogP) is 5.68. The van der Waals surface area contributed by atoms with Gasteiger partial charge in [-0.3, -0.25) is 5.32 Å². The summed E-state index contributed by atoms with van der Waals surface area (Å²) in [6.45, 7) is 4.00. The Balaban J connectivity index is 0.000000872. The lowest BCUT2D eigenvalue weighted by Gasteiger charge is -2.24. The topological polar surface area (TPSA) is 75.9 Å². The molecule has 0 aliphatic heterocycles. The van der Waals surface area contributed by atoms with Gasteiger partial charge in [0.1, 0.15) is 16.9 Å². The summed E-state index contributed by atoms with van der Waals surface area (Å²) in [4.78, 5) is 16.2. The van der Waals surface area contributed by atoms with Crippen molar-refractivity contribution in [1.29, 1.82) is 0 Å². The molecule has 2 aliphatic rings. The van der Waals surface area contributed by atoms with Crippen molar-refractivity contribution in [2.75, 3.05) is 10.6 Å². The Morgan fingerprint density at radius 2 is 1.93 bits per heavy atom. The number of anilines is 3. The van der Waals surface area contributed by atoms with Crippen LogP contribution < -0.4 is 10.6 Å². The molecule has 5 rings (SSSR count). The van der Waals surface area contributed by atoms with Gasteiger partial charge in [-0.1, -0.05) is 33.1 Å². The maximum Gasteiger partial charge on any atom is 0.301 e. The average Bonchev–Trinajstić information content (AvgIpc) is 3.42. The fourth-order valence-corrected chi connectivity index (χ4v) is 5.24. The Kier molecular flexibility index (Phi) is 5.57. The molecule has 3 heterocycles. The van der Waals surface area contributed by atoms with Crippen molar-refractivity contribution in [2.24, 2.45) is 0 Å². The molecular weight excluding hydrogens is 358 g/mol. The van der Waals surface area contributed by atoms with Crippen molar-refractivity contribution >= 4 is 39.3 Å². The molecule has 0 atom stereocenters. The summed E-state index contributed by atoms with van der Waals surface area (Å²) in [6.07, 6.45) is 13.1. The second kappa shape index (κ2) is 8.25. The van der Waals surface area contributed by atoms with E-state index >= 15 is 0 Å². The first-order valence-electron chi connectivity index (χ1n) is 10.1. The predicted molar refractivity (Wildman–Crippen MR) is 111 cm³/mol. The molecule has 0 unspecified atom stereocenters. The molecule has 7 heteroatoms. The van der Waals surface area contributed by atoms with Crippen molar-refractivity contribution in [3.05, 3.63) is 22.9 Å². The van der Waals surface area contributed by atoms with Crippen LogP contribution in [0.4, 0.5) is 17.8 Å². The van der Waals surface area contributed by atoms with Crippen LogP contribution in [-0.2, 0) is 12.8 Å². The molecule has 2 N–H and O–H groups in total. The van der Waals surface area contributed by atoms with Gasteiger partial charge < -0.3 is 9.73 Å². The number of oxazole rings is 1. The van der Waals surface area contributed by atoms with E-state index in [1.54, 1.807) is 12.5 Å². The van der Waals surface area contributed by atoms with Gasteiger partial charge in [0, 0.05) is 10.9 Å². The maximum atomic E-state index is 5.28. The molecule has 3 aromatic heterocycles. The summed E-state index contributed by atoms with van der Waals surface area (Å²) < 4.78 is 5.28. The van der Waals surface area contributed by atoms with Gasteiger partial charge in [0.05, 0.1) is 11.6 Å². The minimum Gasteiger partial charge on any atom is -0.432 e. The zero-order valence-corrected chi connectivity index (χ0v) is 16.9. The van der Waals surface area contributed by atoms with Crippen LogP contribution in [0.5, 0.6) is 0 Å². The molecule has 0 spiro atoms. The van der Waals surface area contributed by atoms with E-state index in [4.69, 9.17) is 14.4 Å². The standard InChI is InChI=1S/C18H21N5OS.C2H6/c1-2-5-11(6-3-1)20-15-14-12-7-4-8-13(12)25-16(14)22-17(21-15)23-18-19-9-10-24-18;1-2/h9-11H,1-8H2,(H2,19,20,21,22,23);1-2H3. The highest BCUT2D eigenvalue weighted by Crippen LogP contribution is 2.40. The number of rotatable bonds is 4. The lowest BCUT2D eigenvalue weighted by molar-refractivity contribution is 0.462. The summed E-state index contributed by atoms with van der Waals surface area (Å²) in [5.41, 5.74) is 1.46. The molecule has 144 valence electrons. The van der Waals surface area contributed by atoms with E-state index < -0.39 is 0 Å². The molecule has 6 nitrogen and oxygen atoms in total. The van der Waals surface area contributed by atoms with Crippen molar-refractivity contribution < 1.29 is 4.42 Å². The van der Waals surface area contributed by atoms with Gasteiger partial charge in [0.2, 0.25) is 5.95 Å². The largest absolute Gasteiger partial charge is 0.432 e. The normalized spacial score (nSPS) is 16.7. The Labute approximate surface area is 163 Å². The summed E-state index contributed by atoms with van der Waals surface area (Å²) in [5, 5.41) is 8.05. The van der Waals surface area contributed by atoms with Gasteiger partial charge in [-0.2, -0.15) is 4.98 Å². The highest BCUT2D eigenvalue weighted by Gasteiger charge is 2.24. The average molecular weight is 386 g/mol. The second-order valence-electron chi connectivity index (χ2n) is 6.87. The van der Waals surface area contributed by atoms with E-state index in [9.17, 15) is 0 Å². The third-order valence-electron chi connectivity index (χ3n) is 5.16. The number of hydrogen-bond acceptors (Lipinski definition) is 7. The Morgan fingerprint density at radius 1 is 1.07 bits per heavy atom. The van der Waals surface area contributed by atoms with E-state index in [0.29, 0.717) is 18.0 Å². The van der Waals surface area contributed by atoms with Crippen LogP contribution in [0.25, 0.3) is 10.2 Å². The SMILES string of the molecule is CC.c1coc(Nc2nc(NC3CCCCC3)c3c4c(sc3n2)CCC4)n1. The van der Waals surface area contributed by atoms with Crippen LogP contribution in [0.15, 0.2) is 16.9 Å². The maximum absolute atomic E-state index is 5.28. The van der Waals surface area contributed by atoms with Gasteiger partial charge in [-0.15, -0.1) is 11.3 Å². The van der Waals surface area contributed by atoms with Crippen LogP contribution in [-0.4, -0.2) is 21.0 Å². The van der Waals surface area contributed by atoms with Gasteiger partial charge in [0.15, 0.2) is 0 Å². The van der Waals surface area contributed by atoms with Crippen LogP contribution in [0.1, 0.15) is 62.8 Å². The van der Waals surface area contributed by atoms with Crippen LogP contribution in [0.3, 0.4) is 0 Å². The molecule has 0 bridgehead atoms. The first kappa shape index (κ1) is 18.2. The minimum absolute atomic E-state index is 0.423. The fourth-order valence-electron chi connectivity index (χ4n) is 3.98. The summed E-state index contributed by atoms with van der Waals surface area (Å²) in [5.74, 6) is 1.53. The molecule has 0 amide bonds. The van der Waals surface area contributed by atoms with Crippen LogP contribution in [0.2, 0.25) is 0 Å². The Morgan fingerprint density at radius 3 is 2.70 bits per heavy atom. The lowest BCUT2D eigenvalue weighted by Crippen LogP contribution is -2.23. The van der Waals surface area contributed by atoms with Gasteiger partial charge in [-0.25, -0.2) is 9.97 Å². The van der Waals surface area contributed by atoms with Crippen molar-refractivity contribution in [1.82, 2.24) is 15.0 Å². The Bertz CT molecular complexity index is 884. The molecule has 2 aliphatic carbocycles. The molecular formula is C20H27N5OS. The van der Waals surface area contributed by atoms with E-state index in [2.05, 4.69) is 15.6 Å². The van der Waals surface area contributed by atoms with E-state index in [-0.39, 0.29) is 0 Å². The third-order valence-corrected chi connectivity index (χ3v) is 6.35. The number of nitrogens with one attached hydrogen (secondary N) is 2. The number of aryl methyl sites for hydroxylation is 2. The Hall–Kier alpha value is -2.15. The molecule has 27 heavy (non-hydrogen) atoms. The number of thiophene rings is 1. The third kappa shape index (κ3) is 3.78. The molecule has 0 radical (unpaired) electrons. The van der Waals surface area contributed by atoms with Gasteiger partial charge >= 0.3 is 6.01 Å². The summed E-state index contributed by atoms with van der Waals surface area (Å²) in [6, 6.07) is 0.936. The fraction of sp³-hybridized carbons (Fsp3) is 0.550. The quantitative estimate of drug-likeness (QED) is 0.601. The number of hydrogen-bond donors (Lipinski definition) is 2. The molecule has 0 saturated heterocycles. The summed E-state index contributed by atoms with van der Waals surface area (Å²) in [7, 11) is 0. The molecule has 0 aromatic carbocycles. The van der Waals surface area contributed by atoms with E-state index in [0.717, 1.165) is 17.1 Å². The lowest BCUT2D eigenvalue weighted by atomic mass is 9.95. The monoisotopic (exact) mass is 385 g/mol. The first-order chi connectivity index (χ1) is 13.4. The van der Waals surface area contributed by atoms with Crippen LogP contribution in [0, 0.1) is 0 Å². The number of fused-ring (bicyclic) bond motifs is 3. The van der Waals surface area contributed by atoms with E-state index in [1.165, 1.54) is 60.8 Å². The second-order valence-corrected chi connectivity index (χ2v) is 7.96. The van der Waals surface area contributed by atoms with Gasteiger partial charge in [0.25, 0.3) is 0 Å². The molecule has 1 fully saturated rings. The number of aromatic nitrogens is 3. The van der Waals surface area contributed by atoms with E-state index in [1.807, 2.05) is 25.2 Å². The summed E-state index contributed by atoms with van der Waals surface area (Å²) >= 11 is 1.81. The zero-order valence-electron chi connectivity index (χ0n) is 16.0. The molecule has 3 aromatic rings. The van der Waals surface area contributed by atoms with Crippen molar-refractivity contribution in [3.8, 4) is 0 Å². The zero-order chi connectivity index (χ0) is 18.6. The minimum atomic E-state index is 0.423. The smallest absolute Gasteiger partial charge is 0.301 e. The van der Waals surface area contributed by atoms with Gasteiger partial charge in [-0.05, 0) is 37.7 Å². The highest BCUT2D eigenvalue weighted by atomic mass is 32.1. The van der Waals surface area contributed by atoms with Crippen molar-refractivity contribution in [3.63, 3.8) is 0 Å². The van der Waals surface area contributed by atoms with Crippen molar-refractivity contribution in [2.45, 2.75) is 71.3 Å². The van der Waals surface area contributed by atoms with Crippen LogP contribution >= 0.6 is 11.3 Å². The molecule has 1 saturated carbocycles. The first-order valence-corrected chi connectivity index (χ1v) is 10.9.